The number of anilines is 2. The highest BCUT2D eigenvalue weighted by molar-refractivity contribution is 6.05. The predicted octanol–water partition coefficient (Wildman–Crippen LogP) is 3.16. The average molecular weight is 314 g/mol. The van der Waals surface area contributed by atoms with Gasteiger partial charge in [-0.2, -0.15) is 0 Å². The monoisotopic (exact) mass is 314 g/mol. The topological polar surface area (TPSA) is 71.3 Å². The third kappa shape index (κ3) is 3.06. The molecule has 1 amide bonds. The Labute approximate surface area is 135 Å². The first-order chi connectivity index (χ1) is 11.0. The molecule has 23 heavy (non-hydrogen) atoms. The molecule has 3 heterocycles. The fraction of sp³-hybridized carbons (Fsp3) is 0.471. The lowest BCUT2D eigenvalue weighted by atomic mass is 10.2. The van der Waals surface area contributed by atoms with Crippen LogP contribution in [0.4, 0.5) is 11.6 Å². The second-order valence-corrected chi connectivity index (χ2v) is 6.04. The highest BCUT2D eigenvalue weighted by atomic mass is 16.3. The van der Waals surface area contributed by atoms with Crippen molar-refractivity contribution in [1.29, 1.82) is 0 Å². The van der Waals surface area contributed by atoms with E-state index in [2.05, 4.69) is 20.2 Å². The molecule has 0 unspecified atom stereocenters. The molecule has 0 aliphatic carbocycles. The summed E-state index contributed by atoms with van der Waals surface area (Å²) in [6.07, 6.45) is 2.36. The van der Waals surface area contributed by atoms with Gasteiger partial charge < -0.3 is 14.6 Å². The van der Waals surface area contributed by atoms with Gasteiger partial charge in [-0.1, -0.05) is 0 Å². The lowest BCUT2D eigenvalue weighted by Crippen LogP contribution is -2.22. The van der Waals surface area contributed by atoms with E-state index in [1.54, 1.807) is 13.0 Å². The molecule has 0 atom stereocenters. The zero-order valence-corrected chi connectivity index (χ0v) is 14.1. The third-order valence-electron chi connectivity index (χ3n) is 4.17. The molecule has 1 N–H and O–H groups in total. The maximum Gasteiger partial charge on any atom is 0.259 e. The van der Waals surface area contributed by atoms with Crippen molar-refractivity contribution in [2.75, 3.05) is 23.3 Å². The van der Waals surface area contributed by atoms with Gasteiger partial charge in [0, 0.05) is 13.1 Å². The lowest BCUT2D eigenvalue weighted by molar-refractivity contribution is 0.102. The van der Waals surface area contributed by atoms with Crippen LogP contribution in [0.1, 0.15) is 46.1 Å². The van der Waals surface area contributed by atoms with Crippen LogP contribution in [0.2, 0.25) is 0 Å². The minimum atomic E-state index is -0.192. The van der Waals surface area contributed by atoms with Crippen LogP contribution in [0.3, 0.4) is 0 Å². The van der Waals surface area contributed by atoms with Crippen LogP contribution in [-0.2, 0) is 0 Å². The van der Waals surface area contributed by atoms with Gasteiger partial charge in [-0.3, -0.25) is 4.79 Å². The van der Waals surface area contributed by atoms with E-state index in [0.717, 1.165) is 36.2 Å². The van der Waals surface area contributed by atoms with Crippen LogP contribution < -0.4 is 10.2 Å². The number of hydrogen-bond acceptors (Lipinski definition) is 5. The lowest BCUT2D eigenvalue weighted by Gasteiger charge is -2.18. The number of carbonyl (C=O) groups excluding carboxylic acids is 1. The summed E-state index contributed by atoms with van der Waals surface area (Å²) in [4.78, 5) is 23.8. The van der Waals surface area contributed by atoms with Gasteiger partial charge in [-0.15, -0.1) is 0 Å². The maximum atomic E-state index is 12.5. The smallest absolute Gasteiger partial charge is 0.259 e. The number of rotatable bonds is 3. The number of nitrogens with zero attached hydrogens (tertiary/aromatic N) is 3. The van der Waals surface area contributed by atoms with Crippen molar-refractivity contribution >= 4 is 17.5 Å². The summed E-state index contributed by atoms with van der Waals surface area (Å²) in [7, 11) is 0. The van der Waals surface area contributed by atoms with E-state index in [0.29, 0.717) is 17.0 Å². The van der Waals surface area contributed by atoms with Gasteiger partial charge >= 0.3 is 0 Å². The number of amides is 1. The van der Waals surface area contributed by atoms with E-state index in [1.807, 2.05) is 20.8 Å². The van der Waals surface area contributed by atoms with Gasteiger partial charge in [-0.05, 0) is 46.6 Å². The summed E-state index contributed by atoms with van der Waals surface area (Å²) in [6.45, 7) is 9.41. The highest BCUT2D eigenvalue weighted by Crippen LogP contribution is 2.24. The molecule has 0 spiro atoms. The van der Waals surface area contributed by atoms with Crippen molar-refractivity contribution in [3.63, 3.8) is 0 Å². The molecule has 2 aromatic rings. The van der Waals surface area contributed by atoms with E-state index >= 15 is 0 Å². The normalized spacial score (nSPS) is 14.3. The minimum Gasteiger partial charge on any atom is -0.466 e. The Kier molecular flexibility index (Phi) is 4.07. The van der Waals surface area contributed by atoms with Crippen molar-refractivity contribution in [3.05, 3.63) is 34.5 Å². The standard InChI is InChI=1S/C17H22N4O2/c1-10-9-14(13(4)23-10)16(22)20-15-11(2)18-17(19-12(15)3)21-7-5-6-8-21/h9H,5-8H2,1-4H3,(H,20,22). The molecule has 1 aliphatic rings. The van der Waals surface area contributed by atoms with Crippen molar-refractivity contribution in [3.8, 4) is 0 Å². The van der Waals surface area contributed by atoms with E-state index in [4.69, 9.17) is 4.42 Å². The SMILES string of the molecule is Cc1cc(C(=O)Nc2c(C)nc(N3CCCC3)nc2C)c(C)o1. The maximum absolute atomic E-state index is 12.5. The number of aromatic nitrogens is 2. The van der Waals surface area contributed by atoms with Gasteiger partial charge in [0.05, 0.1) is 22.6 Å². The summed E-state index contributed by atoms with van der Waals surface area (Å²) >= 11 is 0. The summed E-state index contributed by atoms with van der Waals surface area (Å²) in [6, 6.07) is 1.74. The summed E-state index contributed by atoms with van der Waals surface area (Å²) < 4.78 is 5.42. The molecule has 3 rings (SSSR count). The number of aryl methyl sites for hydroxylation is 4. The largest absolute Gasteiger partial charge is 0.466 e. The van der Waals surface area contributed by atoms with Gasteiger partial charge in [-0.25, -0.2) is 9.97 Å². The molecule has 0 radical (unpaired) electrons. The Balaban J connectivity index is 1.85. The van der Waals surface area contributed by atoms with Crippen LogP contribution >= 0.6 is 0 Å². The van der Waals surface area contributed by atoms with E-state index in [9.17, 15) is 4.79 Å². The van der Waals surface area contributed by atoms with Crippen molar-refractivity contribution in [2.24, 2.45) is 0 Å². The summed E-state index contributed by atoms with van der Waals surface area (Å²) in [5.74, 6) is 1.90. The van der Waals surface area contributed by atoms with Gasteiger partial charge in [0.25, 0.3) is 5.91 Å². The molecule has 122 valence electrons. The highest BCUT2D eigenvalue weighted by Gasteiger charge is 2.20. The molecule has 6 nitrogen and oxygen atoms in total. The third-order valence-corrected chi connectivity index (χ3v) is 4.17. The number of nitrogens with one attached hydrogen (secondary N) is 1. The van der Waals surface area contributed by atoms with Crippen molar-refractivity contribution in [2.45, 2.75) is 40.5 Å². The molecular formula is C17H22N4O2. The fourth-order valence-electron chi connectivity index (χ4n) is 2.98. The molecule has 1 fully saturated rings. The van der Waals surface area contributed by atoms with Crippen LogP contribution in [0.25, 0.3) is 0 Å². The Hall–Kier alpha value is -2.37. The predicted molar refractivity (Wildman–Crippen MR) is 89.1 cm³/mol. The Bertz CT molecular complexity index is 722. The van der Waals surface area contributed by atoms with Gasteiger partial charge in [0.15, 0.2) is 0 Å². The minimum absolute atomic E-state index is 0.192. The summed E-state index contributed by atoms with van der Waals surface area (Å²) in [5.41, 5.74) is 2.79. The first-order valence-corrected chi connectivity index (χ1v) is 7.94. The van der Waals surface area contributed by atoms with Crippen LogP contribution in [0.15, 0.2) is 10.5 Å². The second kappa shape index (κ2) is 6.02. The van der Waals surface area contributed by atoms with Crippen molar-refractivity contribution < 1.29 is 9.21 Å². The quantitative estimate of drug-likeness (QED) is 0.942. The Morgan fingerprint density at radius 1 is 1.13 bits per heavy atom. The molecule has 1 aliphatic heterocycles. The number of hydrogen-bond donors (Lipinski definition) is 1. The fourth-order valence-corrected chi connectivity index (χ4v) is 2.98. The van der Waals surface area contributed by atoms with Gasteiger partial charge in [0.2, 0.25) is 5.95 Å². The summed E-state index contributed by atoms with van der Waals surface area (Å²) in [5, 5.41) is 2.92. The molecule has 6 heteroatoms. The molecular weight excluding hydrogens is 292 g/mol. The zero-order chi connectivity index (χ0) is 16.6. The number of carbonyl (C=O) groups is 1. The van der Waals surface area contributed by atoms with Gasteiger partial charge in [0.1, 0.15) is 11.5 Å². The molecule has 0 bridgehead atoms. The Morgan fingerprint density at radius 3 is 2.26 bits per heavy atom. The van der Waals surface area contributed by atoms with Crippen LogP contribution in [0.5, 0.6) is 0 Å². The number of furan rings is 1. The van der Waals surface area contributed by atoms with E-state index in [1.165, 1.54) is 12.8 Å². The second-order valence-electron chi connectivity index (χ2n) is 6.04. The van der Waals surface area contributed by atoms with E-state index in [-0.39, 0.29) is 5.91 Å². The van der Waals surface area contributed by atoms with E-state index < -0.39 is 0 Å². The Morgan fingerprint density at radius 2 is 1.74 bits per heavy atom. The van der Waals surface area contributed by atoms with Crippen molar-refractivity contribution in [1.82, 2.24) is 9.97 Å². The van der Waals surface area contributed by atoms with Crippen LogP contribution in [0, 0.1) is 27.7 Å². The molecule has 1 saturated heterocycles. The molecule has 0 saturated carbocycles. The zero-order valence-electron chi connectivity index (χ0n) is 14.1. The average Bonchev–Trinajstić information content (AvgIpc) is 3.12. The molecule has 2 aromatic heterocycles. The first-order valence-electron chi connectivity index (χ1n) is 7.94. The first kappa shape index (κ1) is 15.5. The molecule has 0 aromatic carbocycles. The van der Waals surface area contributed by atoms with Crippen LogP contribution in [-0.4, -0.2) is 29.0 Å².